The van der Waals surface area contributed by atoms with E-state index in [-0.39, 0.29) is 12.2 Å². The van der Waals surface area contributed by atoms with Gasteiger partial charge in [0.25, 0.3) is 0 Å². The predicted molar refractivity (Wildman–Crippen MR) is 51.6 cm³/mol. The fraction of sp³-hybridized carbons (Fsp3) is 0.900. The smallest absolute Gasteiger partial charge is 0.407 e. The van der Waals surface area contributed by atoms with Crippen LogP contribution in [0.15, 0.2) is 0 Å². The summed E-state index contributed by atoms with van der Waals surface area (Å²) in [5.74, 6) is 0.591. The van der Waals surface area contributed by atoms with Crippen molar-refractivity contribution in [2.24, 2.45) is 5.92 Å². The Morgan fingerprint density at radius 3 is 2.85 bits per heavy atom. The van der Waals surface area contributed by atoms with Gasteiger partial charge in [0, 0.05) is 12.5 Å². The zero-order valence-corrected chi connectivity index (χ0v) is 8.67. The summed E-state index contributed by atoms with van der Waals surface area (Å²) in [7, 11) is 0. The Bertz CT molecular complexity index is 180. The van der Waals surface area contributed by atoms with Gasteiger partial charge in [-0.1, -0.05) is 20.8 Å². The van der Waals surface area contributed by atoms with Crippen molar-refractivity contribution >= 4 is 6.09 Å². The Kier molecular flexibility index (Phi) is 3.58. The predicted octanol–water partition coefficient (Wildman–Crippen LogP) is 2.31. The summed E-state index contributed by atoms with van der Waals surface area (Å²) in [6.45, 7) is 6.39. The molecular weight excluding hydrogens is 166 g/mol. The number of carbonyl (C=O) groups is 1. The minimum absolute atomic E-state index is 0.124. The molecular formula is C10H19NO2. The zero-order valence-electron chi connectivity index (χ0n) is 8.67. The highest BCUT2D eigenvalue weighted by Gasteiger charge is 2.26. The Balaban J connectivity index is 2.42. The normalized spacial score (nSPS) is 28.5. The topological polar surface area (TPSA) is 38.3 Å². The molecule has 1 aliphatic rings. The molecule has 1 fully saturated rings. The highest BCUT2D eigenvalue weighted by Crippen LogP contribution is 2.18. The van der Waals surface area contributed by atoms with Crippen LogP contribution < -0.4 is 5.32 Å². The van der Waals surface area contributed by atoms with Gasteiger partial charge in [0.1, 0.15) is 6.10 Å². The van der Waals surface area contributed by atoms with Crippen molar-refractivity contribution in [3.63, 3.8) is 0 Å². The molecule has 1 amide bonds. The van der Waals surface area contributed by atoms with Gasteiger partial charge < -0.3 is 10.1 Å². The molecule has 0 aromatic heterocycles. The first kappa shape index (κ1) is 10.4. The van der Waals surface area contributed by atoms with Crippen LogP contribution in [0.5, 0.6) is 0 Å². The van der Waals surface area contributed by atoms with E-state index < -0.39 is 0 Å². The molecule has 0 aromatic rings. The Morgan fingerprint density at radius 2 is 2.31 bits per heavy atom. The Labute approximate surface area is 79.8 Å². The summed E-state index contributed by atoms with van der Waals surface area (Å²) < 4.78 is 5.18. The van der Waals surface area contributed by atoms with Gasteiger partial charge in [0.15, 0.2) is 0 Å². The minimum atomic E-state index is -0.247. The van der Waals surface area contributed by atoms with Crippen LogP contribution in [0.2, 0.25) is 0 Å². The molecule has 1 saturated heterocycles. The van der Waals surface area contributed by atoms with Gasteiger partial charge in [-0.25, -0.2) is 4.79 Å². The van der Waals surface area contributed by atoms with E-state index in [2.05, 4.69) is 26.1 Å². The fourth-order valence-corrected chi connectivity index (χ4v) is 1.72. The van der Waals surface area contributed by atoms with Crippen molar-refractivity contribution in [3.05, 3.63) is 0 Å². The number of ether oxygens (including phenoxy) is 1. The van der Waals surface area contributed by atoms with Crippen LogP contribution >= 0.6 is 0 Å². The van der Waals surface area contributed by atoms with E-state index in [1.54, 1.807) is 0 Å². The third-order valence-corrected chi connectivity index (χ3v) is 2.37. The van der Waals surface area contributed by atoms with E-state index >= 15 is 0 Å². The highest BCUT2D eigenvalue weighted by atomic mass is 16.6. The summed E-state index contributed by atoms with van der Waals surface area (Å²) in [5, 5.41) is 2.81. The van der Waals surface area contributed by atoms with Crippen LogP contribution in [0.25, 0.3) is 0 Å². The molecule has 3 nitrogen and oxygen atoms in total. The molecule has 2 atom stereocenters. The third kappa shape index (κ3) is 3.25. The van der Waals surface area contributed by atoms with E-state index in [4.69, 9.17) is 4.74 Å². The lowest BCUT2D eigenvalue weighted by molar-refractivity contribution is 0.0471. The van der Waals surface area contributed by atoms with Crippen LogP contribution in [0.4, 0.5) is 4.79 Å². The van der Waals surface area contributed by atoms with Crippen molar-refractivity contribution in [2.75, 3.05) is 0 Å². The van der Waals surface area contributed by atoms with Crippen molar-refractivity contribution < 1.29 is 9.53 Å². The average Bonchev–Trinajstić information content (AvgIpc) is 2.01. The van der Waals surface area contributed by atoms with E-state index in [1.165, 1.54) is 0 Å². The van der Waals surface area contributed by atoms with Crippen LogP contribution in [-0.4, -0.2) is 18.2 Å². The molecule has 76 valence electrons. The SMILES string of the molecule is CC[C@@H]1C[C@H](CC(C)C)OC(=O)N1. The summed E-state index contributed by atoms with van der Waals surface area (Å²) in [6.07, 6.45) is 2.80. The number of amides is 1. The molecule has 1 heterocycles. The molecule has 0 unspecified atom stereocenters. The second kappa shape index (κ2) is 4.49. The maximum Gasteiger partial charge on any atom is 0.407 e. The molecule has 0 spiro atoms. The summed E-state index contributed by atoms with van der Waals surface area (Å²) >= 11 is 0. The molecule has 0 aromatic carbocycles. The van der Waals surface area contributed by atoms with Gasteiger partial charge in [-0.05, 0) is 18.8 Å². The summed E-state index contributed by atoms with van der Waals surface area (Å²) in [6, 6.07) is 0.310. The largest absolute Gasteiger partial charge is 0.446 e. The highest BCUT2D eigenvalue weighted by molar-refractivity contribution is 5.68. The second-order valence-electron chi connectivity index (χ2n) is 4.14. The van der Waals surface area contributed by atoms with Crippen LogP contribution in [0.1, 0.15) is 40.0 Å². The van der Waals surface area contributed by atoms with Gasteiger partial charge in [0.05, 0.1) is 0 Å². The average molecular weight is 185 g/mol. The van der Waals surface area contributed by atoms with E-state index in [0.29, 0.717) is 12.0 Å². The summed E-state index contributed by atoms with van der Waals surface area (Å²) in [4.78, 5) is 11.1. The van der Waals surface area contributed by atoms with Crippen molar-refractivity contribution in [1.82, 2.24) is 5.32 Å². The van der Waals surface area contributed by atoms with Gasteiger partial charge in [0.2, 0.25) is 0 Å². The number of hydrogen-bond acceptors (Lipinski definition) is 2. The standard InChI is InChI=1S/C10H19NO2/c1-4-8-6-9(5-7(2)3)13-10(12)11-8/h7-9H,4-6H2,1-3H3,(H,11,12)/t8-,9+/m1/s1. The monoisotopic (exact) mass is 185 g/mol. The lowest BCUT2D eigenvalue weighted by Gasteiger charge is -2.30. The molecule has 3 heteroatoms. The third-order valence-electron chi connectivity index (χ3n) is 2.37. The van der Waals surface area contributed by atoms with Crippen LogP contribution in [0, 0.1) is 5.92 Å². The molecule has 0 aliphatic carbocycles. The summed E-state index contributed by atoms with van der Waals surface area (Å²) in [5.41, 5.74) is 0. The lowest BCUT2D eigenvalue weighted by atomic mass is 9.98. The molecule has 0 bridgehead atoms. The van der Waals surface area contributed by atoms with E-state index in [0.717, 1.165) is 19.3 Å². The fourth-order valence-electron chi connectivity index (χ4n) is 1.72. The molecule has 13 heavy (non-hydrogen) atoms. The maximum absolute atomic E-state index is 11.1. The molecule has 0 radical (unpaired) electrons. The van der Waals surface area contributed by atoms with Crippen molar-refractivity contribution in [2.45, 2.75) is 52.2 Å². The van der Waals surface area contributed by atoms with Crippen LogP contribution in [-0.2, 0) is 4.74 Å². The van der Waals surface area contributed by atoms with Gasteiger partial charge in [-0.15, -0.1) is 0 Å². The first-order chi connectivity index (χ1) is 6.11. The number of cyclic esters (lactones) is 1. The number of nitrogens with one attached hydrogen (secondary N) is 1. The number of hydrogen-bond donors (Lipinski definition) is 1. The number of carbonyl (C=O) groups excluding carboxylic acids is 1. The molecule has 1 N–H and O–H groups in total. The lowest BCUT2D eigenvalue weighted by Crippen LogP contribution is -2.45. The van der Waals surface area contributed by atoms with Crippen molar-refractivity contribution in [1.29, 1.82) is 0 Å². The zero-order chi connectivity index (χ0) is 9.84. The number of rotatable bonds is 3. The first-order valence-corrected chi connectivity index (χ1v) is 5.09. The molecule has 0 saturated carbocycles. The van der Waals surface area contributed by atoms with Gasteiger partial charge >= 0.3 is 6.09 Å². The Hall–Kier alpha value is -0.730. The van der Waals surface area contributed by atoms with Gasteiger partial charge in [-0.3, -0.25) is 0 Å². The molecule has 1 rings (SSSR count). The second-order valence-corrected chi connectivity index (χ2v) is 4.14. The van der Waals surface area contributed by atoms with E-state index in [1.807, 2.05) is 0 Å². The van der Waals surface area contributed by atoms with E-state index in [9.17, 15) is 4.79 Å². The van der Waals surface area contributed by atoms with Gasteiger partial charge in [-0.2, -0.15) is 0 Å². The molecule has 1 aliphatic heterocycles. The minimum Gasteiger partial charge on any atom is -0.446 e. The number of alkyl carbamates (subject to hydrolysis) is 1. The quantitative estimate of drug-likeness (QED) is 0.732. The van der Waals surface area contributed by atoms with Crippen LogP contribution in [0.3, 0.4) is 0 Å². The maximum atomic E-state index is 11.1. The first-order valence-electron chi connectivity index (χ1n) is 5.09. The van der Waals surface area contributed by atoms with Crippen molar-refractivity contribution in [3.8, 4) is 0 Å². The Morgan fingerprint density at radius 1 is 1.62 bits per heavy atom.